The summed E-state index contributed by atoms with van der Waals surface area (Å²) in [6.45, 7) is 0.0897. The number of rotatable bonds is 7. The van der Waals surface area contributed by atoms with Crippen molar-refractivity contribution in [3.05, 3.63) is 108 Å². The van der Waals surface area contributed by atoms with Crippen LogP contribution in [0.15, 0.2) is 91.0 Å². The van der Waals surface area contributed by atoms with E-state index in [0.29, 0.717) is 33.1 Å². The molecule has 13 nitrogen and oxygen atoms in total. The van der Waals surface area contributed by atoms with Crippen LogP contribution < -0.4 is 0 Å². The molecule has 0 bridgehead atoms. The van der Waals surface area contributed by atoms with Crippen LogP contribution in [0.3, 0.4) is 0 Å². The predicted octanol–water partition coefficient (Wildman–Crippen LogP) is 3.44. The smallest absolute Gasteiger partial charge is 0.338 e. The number of aromatic nitrogens is 9. The molecule has 212 valence electrons. The molecular weight excluding hydrogens is 550 g/mol. The molecule has 0 saturated heterocycles. The molecule has 0 aliphatic carbocycles. The molecule has 0 unspecified atom stereocenters. The third-order valence-corrected chi connectivity index (χ3v) is 7.49. The van der Waals surface area contributed by atoms with E-state index in [1.165, 1.54) is 20.3 Å². The molecule has 0 spiro atoms. The Kier molecular flexibility index (Phi) is 6.12. The van der Waals surface area contributed by atoms with Gasteiger partial charge in [-0.25, -0.2) is 23.6 Å². The first-order valence-electron chi connectivity index (χ1n) is 13.3. The minimum Gasteiger partial charge on any atom is -0.465 e. The fourth-order valence-electron chi connectivity index (χ4n) is 5.45. The maximum Gasteiger partial charge on any atom is 0.338 e. The van der Waals surface area contributed by atoms with Crippen molar-refractivity contribution in [1.82, 2.24) is 45.0 Å². The summed E-state index contributed by atoms with van der Waals surface area (Å²) in [5.74, 6) is -1.40. The molecule has 0 radical (unpaired) electrons. The van der Waals surface area contributed by atoms with Gasteiger partial charge >= 0.3 is 11.9 Å². The summed E-state index contributed by atoms with van der Waals surface area (Å²) in [5, 5.41) is 27.1. The van der Waals surface area contributed by atoms with Crippen LogP contribution in [0.2, 0.25) is 0 Å². The van der Waals surface area contributed by atoms with E-state index in [9.17, 15) is 9.59 Å². The first kappa shape index (κ1) is 26.0. The normalized spacial score (nSPS) is 11.8. The lowest BCUT2D eigenvalue weighted by molar-refractivity contribution is 0.0554. The van der Waals surface area contributed by atoms with E-state index < -0.39 is 17.6 Å². The number of hydrogen-bond acceptors (Lipinski definition) is 10. The molecule has 0 aliphatic heterocycles. The molecule has 0 N–H and O–H groups in total. The Morgan fingerprint density at radius 2 is 1.12 bits per heavy atom. The molecule has 0 aliphatic rings. The SMILES string of the molecule is COC(=O)c1ccc(C(Cn2nnc3ccccc32)(n2nnc3ccccc32)n2nnc3ccccc32)cc1C(=O)OC. The Hall–Kier alpha value is -5.98. The lowest BCUT2D eigenvalue weighted by Gasteiger charge is -2.35. The number of ether oxygens (including phenoxy) is 2. The lowest BCUT2D eigenvalue weighted by atomic mass is 9.93. The fraction of sp³-hybridized carbons (Fsp3) is 0.133. The van der Waals surface area contributed by atoms with Gasteiger partial charge in [0, 0.05) is 5.56 Å². The third-order valence-electron chi connectivity index (χ3n) is 7.49. The number of fused-ring (bicyclic) bond motifs is 3. The summed E-state index contributed by atoms with van der Waals surface area (Å²) in [7, 11) is 2.50. The molecule has 3 heterocycles. The van der Waals surface area contributed by atoms with Crippen LogP contribution in [0.1, 0.15) is 26.3 Å². The van der Waals surface area contributed by atoms with Gasteiger partial charge in [0.05, 0.1) is 48.4 Å². The average Bonchev–Trinajstić information content (AvgIpc) is 3.80. The Labute approximate surface area is 243 Å². The summed E-state index contributed by atoms with van der Waals surface area (Å²) in [6, 6.07) is 27.4. The van der Waals surface area contributed by atoms with Gasteiger partial charge in [0.2, 0.25) is 5.66 Å². The highest BCUT2D eigenvalue weighted by molar-refractivity contribution is 6.03. The molecule has 4 aromatic carbocycles. The second-order valence-electron chi connectivity index (χ2n) is 9.78. The summed E-state index contributed by atoms with van der Waals surface area (Å²) in [4.78, 5) is 25.8. The highest BCUT2D eigenvalue weighted by Gasteiger charge is 2.44. The molecule has 7 aromatic rings. The van der Waals surface area contributed by atoms with E-state index in [0.717, 1.165) is 5.52 Å². The zero-order valence-corrected chi connectivity index (χ0v) is 23.0. The zero-order chi connectivity index (χ0) is 29.6. The van der Waals surface area contributed by atoms with Crippen LogP contribution in [-0.2, 0) is 21.7 Å². The van der Waals surface area contributed by atoms with Gasteiger partial charge in [-0.15, -0.1) is 15.3 Å². The van der Waals surface area contributed by atoms with Crippen LogP contribution in [0.4, 0.5) is 0 Å². The lowest BCUT2D eigenvalue weighted by Crippen LogP contribution is -2.48. The standard InChI is InChI=1S/C30H23N9O4/c1-42-28(40)20-16-15-19(17-21(20)29(41)43-2)30(38-26-13-7-4-10-23(26)32-35-38,39-27-14-8-5-11-24(27)33-36-39)18-37-25-12-6-3-9-22(25)31-34-37/h3-17H,18H2,1-2H3. The molecule has 7 rings (SSSR count). The van der Waals surface area contributed by atoms with E-state index in [2.05, 4.69) is 30.9 Å². The number of methoxy groups -OCH3 is 2. The van der Waals surface area contributed by atoms with Gasteiger partial charge in [0.15, 0.2) is 0 Å². The van der Waals surface area contributed by atoms with Crippen LogP contribution in [0.25, 0.3) is 33.1 Å². The summed E-state index contributed by atoms with van der Waals surface area (Å²) >= 11 is 0. The predicted molar refractivity (Wildman–Crippen MR) is 154 cm³/mol. The Balaban J connectivity index is 1.62. The first-order valence-corrected chi connectivity index (χ1v) is 13.3. The Morgan fingerprint density at radius 3 is 1.70 bits per heavy atom. The van der Waals surface area contributed by atoms with Gasteiger partial charge in [-0.2, -0.15) is 0 Å². The molecule has 0 fully saturated rings. The van der Waals surface area contributed by atoms with Gasteiger partial charge in [-0.3, -0.25) is 0 Å². The van der Waals surface area contributed by atoms with Gasteiger partial charge < -0.3 is 9.47 Å². The molecule has 13 heteroatoms. The minimum atomic E-state index is -1.39. The summed E-state index contributed by atoms with van der Waals surface area (Å²) < 4.78 is 15.3. The van der Waals surface area contributed by atoms with Crippen molar-refractivity contribution < 1.29 is 19.1 Å². The second kappa shape index (κ2) is 10.1. The van der Waals surface area contributed by atoms with E-state index in [1.54, 1.807) is 26.2 Å². The number of esters is 2. The molecule has 3 aromatic heterocycles. The monoisotopic (exact) mass is 573 g/mol. The largest absolute Gasteiger partial charge is 0.465 e. The van der Waals surface area contributed by atoms with Crippen molar-refractivity contribution >= 4 is 45.0 Å². The van der Waals surface area contributed by atoms with Crippen molar-refractivity contribution in [2.75, 3.05) is 14.2 Å². The first-order chi connectivity index (χ1) is 21.0. The van der Waals surface area contributed by atoms with Gasteiger partial charge in [0.25, 0.3) is 0 Å². The fourth-order valence-corrected chi connectivity index (χ4v) is 5.45. The van der Waals surface area contributed by atoms with Crippen molar-refractivity contribution in [1.29, 1.82) is 0 Å². The van der Waals surface area contributed by atoms with Gasteiger partial charge in [0.1, 0.15) is 16.6 Å². The van der Waals surface area contributed by atoms with E-state index in [4.69, 9.17) is 9.47 Å². The second-order valence-corrected chi connectivity index (χ2v) is 9.78. The van der Waals surface area contributed by atoms with Crippen molar-refractivity contribution in [3.8, 4) is 0 Å². The number of para-hydroxylation sites is 3. The summed E-state index contributed by atoms with van der Waals surface area (Å²) in [6.07, 6.45) is 0. The Bertz CT molecular complexity index is 2090. The maximum absolute atomic E-state index is 13.1. The summed E-state index contributed by atoms with van der Waals surface area (Å²) in [5.41, 5.74) is 3.29. The Morgan fingerprint density at radius 1 is 0.628 bits per heavy atom. The number of nitrogens with zero attached hydrogens (tertiary/aromatic N) is 9. The van der Waals surface area contributed by atoms with Crippen LogP contribution >= 0.6 is 0 Å². The van der Waals surface area contributed by atoms with Crippen molar-refractivity contribution in [2.45, 2.75) is 12.2 Å². The van der Waals surface area contributed by atoms with Crippen LogP contribution in [0.5, 0.6) is 0 Å². The maximum atomic E-state index is 13.1. The van der Waals surface area contributed by atoms with Crippen molar-refractivity contribution in [3.63, 3.8) is 0 Å². The highest BCUT2D eigenvalue weighted by Crippen LogP contribution is 2.36. The van der Waals surface area contributed by atoms with Gasteiger partial charge in [-0.05, 0) is 48.5 Å². The van der Waals surface area contributed by atoms with Crippen molar-refractivity contribution in [2.24, 2.45) is 0 Å². The number of benzene rings is 4. The van der Waals surface area contributed by atoms with Crippen LogP contribution in [0, 0.1) is 0 Å². The molecule has 43 heavy (non-hydrogen) atoms. The molecular formula is C30H23N9O4. The number of carbonyl (C=O) groups is 2. The highest BCUT2D eigenvalue weighted by atomic mass is 16.5. The van der Waals surface area contributed by atoms with E-state index >= 15 is 0 Å². The third kappa shape index (κ3) is 4.01. The average molecular weight is 574 g/mol. The van der Waals surface area contributed by atoms with Crippen LogP contribution in [-0.4, -0.2) is 71.1 Å². The molecule has 0 atom stereocenters. The quantitative estimate of drug-likeness (QED) is 0.260. The van der Waals surface area contributed by atoms with E-state index in [1.807, 2.05) is 72.8 Å². The number of hydrogen-bond donors (Lipinski definition) is 0. The van der Waals surface area contributed by atoms with Gasteiger partial charge in [-0.1, -0.05) is 58.1 Å². The minimum absolute atomic E-state index is 0.00788. The van der Waals surface area contributed by atoms with E-state index in [-0.39, 0.29) is 17.7 Å². The molecule has 0 amide bonds. The zero-order valence-electron chi connectivity index (χ0n) is 23.0. The molecule has 0 saturated carbocycles. The number of carbonyl (C=O) groups excluding carboxylic acids is 2. The topological polar surface area (TPSA) is 145 Å².